The molecule has 7 nitrogen and oxygen atoms in total. The topological polar surface area (TPSA) is 98.0 Å². The quantitative estimate of drug-likeness (QED) is 0.248. The molecule has 0 aromatic heterocycles. The average Bonchev–Trinajstić information content (AvgIpc) is 2.46. The number of halogens is 4. The lowest BCUT2D eigenvalue weighted by Crippen LogP contribution is -2.31. The number of nitrogens with one attached hydrogen (secondary N) is 2. The normalized spacial score (nSPS) is 11.4. The summed E-state index contributed by atoms with van der Waals surface area (Å²) < 4.78 is 45.5. The standard InChI is InChI=1S/C13H17F3N4O3.HI/c1-22-7-6-18-11(21)8-19-12(17)20-9-4-2-3-5-10(9)23-13(14,15)16;/h2-5H,6-8H2,1H3,(H,18,21)(H3,17,19,20);1H. The molecule has 0 spiro atoms. The van der Waals surface area contributed by atoms with Crippen LogP contribution in [0.3, 0.4) is 0 Å². The Hall–Kier alpha value is -1.76. The maximum absolute atomic E-state index is 12.3. The van der Waals surface area contributed by atoms with Crippen LogP contribution < -0.4 is 21.1 Å². The van der Waals surface area contributed by atoms with Gasteiger partial charge < -0.3 is 25.8 Å². The number of alkyl halides is 3. The summed E-state index contributed by atoms with van der Waals surface area (Å²) in [5.74, 6) is -1.07. The fourth-order valence-electron chi connectivity index (χ4n) is 1.47. The van der Waals surface area contributed by atoms with E-state index in [2.05, 4.69) is 20.4 Å². The van der Waals surface area contributed by atoms with Gasteiger partial charge in [0.05, 0.1) is 12.3 Å². The molecule has 1 rings (SSSR count). The molecule has 0 aliphatic heterocycles. The van der Waals surface area contributed by atoms with E-state index in [1.54, 1.807) is 0 Å². The highest BCUT2D eigenvalue weighted by molar-refractivity contribution is 14.0. The average molecular weight is 462 g/mol. The summed E-state index contributed by atoms with van der Waals surface area (Å²) in [6, 6.07) is 5.34. The Morgan fingerprint density at radius 1 is 1.33 bits per heavy atom. The van der Waals surface area contributed by atoms with Gasteiger partial charge in [-0.15, -0.1) is 37.1 Å². The number of hydrogen-bond donors (Lipinski definition) is 3. The molecule has 0 atom stereocenters. The summed E-state index contributed by atoms with van der Waals surface area (Å²) >= 11 is 0. The number of nitrogens with zero attached hydrogens (tertiary/aromatic N) is 1. The molecule has 4 N–H and O–H groups in total. The molecule has 0 aliphatic rings. The molecular weight excluding hydrogens is 444 g/mol. The monoisotopic (exact) mass is 462 g/mol. The maximum atomic E-state index is 12.3. The molecule has 1 aromatic carbocycles. The summed E-state index contributed by atoms with van der Waals surface area (Å²) in [6.45, 7) is 0.399. The van der Waals surface area contributed by atoms with E-state index in [4.69, 9.17) is 10.5 Å². The van der Waals surface area contributed by atoms with Gasteiger partial charge in [-0.3, -0.25) is 4.79 Å². The van der Waals surface area contributed by atoms with Crippen LogP contribution in [0.4, 0.5) is 18.9 Å². The summed E-state index contributed by atoms with van der Waals surface area (Å²) in [5, 5.41) is 4.97. The molecule has 0 aliphatic carbocycles. The van der Waals surface area contributed by atoms with E-state index in [0.717, 1.165) is 6.07 Å². The van der Waals surface area contributed by atoms with E-state index in [-0.39, 0.29) is 42.2 Å². The molecule has 0 unspecified atom stereocenters. The van der Waals surface area contributed by atoms with Crippen molar-refractivity contribution >= 4 is 41.5 Å². The van der Waals surface area contributed by atoms with E-state index in [9.17, 15) is 18.0 Å². The van der Waals surface area contributed by atoms with Crippen LogP contribution in [0.1, 0.15) is 0 Å². The zero-order chi connectivity index (χ0) is 17.3. The first-order chi connectivity index (χ1) is 10.8. The number of aliphatic imine (C=N–C) groups is 1. The van der Waals surface area contributed by atoms with Gasteiger partial charge in [-0.05, 0) is 12.1 Å². The van der Waals surface area contributed by atoms with Gasteiger partial charge in [0.15, 0.2) is 11.7 Å². The second-order valence-electron chi connectivity index (χ2n) is 4.21. The number of methoxy groups -OCH3 is 1. The highest BCUT2D eigenvalue weighted by atomic mass is 127. The number of carbonyl (C=O) groups excluding carboxylic acids is 1. The number of benzene rings is 1. The molecule has 24 heavy (non-hydrogen) atoms. The van der Waals surface area contributed by atoms with Gasteiger partial charge in [-0.25, -0.2) is 4.99 Å². The minimum Gasteiger partial charge on any atom is -0.404 e. The second-order valence-corrected chi connectivity index (χ2v) is 4.21. The highest BCUT2D eigenvalue weighted by Crippen LogP contribution is 2.29. The van der Waals surface area contributed by atoms with Crippen LogP contribution in [0.2, 0.25) is 0 Å². The molecule has 1 aromatic rings. The summed E-state index contributed by atoms with van der Waals surface area (Å²) in [4.78, 5) is 15.1. The van der Waals surface area contributed by atoms with Gasteiger partial charge in [0, 0.05) is 13.7 Å². The first-order valence-electron chi connectivity index (χ1n) is 6.49. The Morgan fingerprint density at radius 3 is 2.62 bits per heavy atom. The van der Waals surface area contributed by atoms with Gasteiger partial charge in [0.1, 0.15) is 6.54 Å². The summed E-state index contributed by atoms with van der Waals surface area (Å²) in [7, 11) is 1.49. The molecule has 0 fully saturated rings. The number of para-hydroxylation sites is 2. The van der Waals surface area contributed by atoms with E-state index in [1.165, 1.54) is 25.3 Å². The van der Waals surface area contributed by atoms with Gasteiger partial charge in [-0.1, -0.05) is 12.1 Å². The first kappa shape index (κ1) is 22.2. The number of carbonyl (C=O) groups is 1. The van der Waals surface area contributed by atoms with E-state index >= 15 is 0 Å². The number of hydrogen-bond acceptors (Lipinski definition) is 4. The molecule has 0 radical (unpaired) electrons. The third kappa shape index (κ3) is 9.39. The van der Waals surface area contributed by atoms with Crippen LogP contribution in [0, 0.1) is 0 Å². The smallest absolute Gasteiger partial charge is 0.404 e. The predicted octanol–water partition coefficient (Wildman–Crippen LogP) is 1.69. The third-order valence-corrected chi connectivity index (χ3v) is 2.40. The van der Waals surface area contributed by atoms with Crippen molar-refractivity contribution in [2.75, 3.05) is 32.1 Å². The van der Waals surface area contributed by atoms with Crippen LogP contribution in [-0.2, 0) is 9.53 Å². The third-order valence-electron chi connectivity index (χ3n) is 2.40. The molecule has 0 bridgehead atoms. The number of ether oxygens (including phenoxy) is 2. The Labute approximate surface area is 153 Å². The van der Waals surface area contributed by atoms with Crippen molar-refractivity contribution in [1.29, 1.82) is 0 Å². The Balaban J connectivity index is 0.00000529. The highest BCUT2D eigenvalue weighted by Gasteiger charge is 2.32. The van der Waals surface area contributed by atoms with Gasteiger partial charge in [0.2, 0.25) is 5.91 Å². The number of rotatable bonds is 7. The number of anilines is 1. The largest absolute Gasteiger partial charge is 0.573 e. The van der Waals surface area contributed by atoms with Gasteiger partial charge >= 0.3 is 6.36 Å². The molecule has 1 amide bonds. The van der Waals surface area contributed by atoms with Crippen LogP contribution >= 0.6 is 24.0 Å². The molecule has 0 saturated carbocycles. The van der Waals surface area contributed by atoms with Crippen LogP contribution in [0.15, 0.2) is 29.3 Å². The molecule has 0 saturated heterocycles. The predicted molar refractivity (Wildman–Crippen MR) is 93.5 cm³/mol. The Morgan fingerprint density at radius 2 is 2.00 bits per heavy atom. The molecular formula is C13H18F3IN4O3. The lowest BCUT2D eigenvalue weighted by Gasteiger charge is -2.14. The lowest BCUT2D eigenvalue weighted by atomic mass is 10.3. The van der Waals surface area contributed by atoms with Crippen LogP contribution in [-0.4, -0.2) is 45.0 Å². The fraction of sp³-hybridized carbons (Fsp3) is 0.385. The molecule has 11 heteroatoms. The Bertz CT molecular complexity index is 556. The van der Waals surface area contributed by atoms with Crippen molar-refractivity contribution in [3.63, 3.8) is 0 Å². The zero-order valence-corrected chi connectivity index (χ0v) is 15.1. The van der Waals surface area contributed by atoms with Crippen molar-refractivity contribution in [2.24, 2.45) is 10.7 Å². The van der Waals surface area contributed by atoms with E-state index in [1.807, 2.05) is 0 Å². The number of nitrogens with two attached hydrogens (primary N) is 1. The number of amides is 1. The summed E-state index contributed by atoms with van der Waals surface area (Å²) in [5.41, 5.74) is 5.52. The zero-order valence-electron chi connectivity index (χ0n) is 12.7. The van der Waals surface area contributed by atoms with Crippen molar-refractivity contribution in [3.8, 4) is 5.75 Å². The Kier molecular flexibility index (Phi) is 10.1. The SMILES string of the molecule is COCCNC(=O)CN=C(N)Nc1ccccc1OC(F)(F)F.I. The maximum Gasteiger partial charge on any atom is 0.573 e. The van der Waals surface area contributed by atoms with Crippen molar-refractivity contribution in [2.45, 2.75) is 6.36 Å². The lowest BCUT2D eigenvalue weighted by molar-refractivity contribution is -0.274. The van der Waals surface area contributed by atoms with Crippen molar-refractivity contribution < 1.29 is 27.4 Å². The summed E-state index contributed by atoms with van der Waals surface area (Å²) in [6.07, 6.45) is -4.83. The van der Waals surface area contributed by atoms with Crippen LogP contribution in [0.5, 0.6) is 5.75 Å². The van der Waals surface area contributed by atoms with E-state index < -0.39 is 18.0 Å². The van der Waals surface area contributed by atoms with Gasteiger partial charge in [0.25, 0.3) is 0 Å². The van der Waals surface area contributed by atoms with Crippen LogP contribution in [0.25, 0.3) is 0 Å². The van der Waals surface area contributed by atoms with Gasteiger partial charge in [-0.2, -0.15) is 0 Å². The first-order valence-corrected chi connectivity index (χ1v) is 6.49. The minimum atomic E-state index is -4.83. The molecule has 136 valence electrons. The second kappa shape index (κ2) is 10.9. The van der Waals surface area contributed by atoms with E-state index in [0.29, 0.717) is 13.2 Å². The minimum absolute atomic E-state index is 0. The fourth-order valence-corrected chi connectivity index (χ4v) is 1.47. The van der Waals surface area contributed by atoms with Crippen molar-refractivity contribution in [3.05, 3.63) is 24.3 Å². The molecule has 0 heterocycles. The number of guanidine groups is 1. The van der Waals surface area contributed by atoms with Crippen molar-refractivity contribution in [1.82, 2.24) is 5.32 Å².